The van der Waals surface area contributed by atoms with Crippen molar-refractivity contribution in [2.75, 3.05) is 20.6 Å². The van der Waals surface area contributed by atoms with Crippen LogP contribution in [0.5, 0.6) is 0 Å². The Labute approximate surface area is 96.5 Å². The highest BCUT2D eigenvalue weighted by Gasteiger charge is 2.29. The van der Waals surface area contributed by atoms with E-state index in [9.17, 15) is 4.79 Å². The number of nitrogens with one attached hydrogen (secondary N) is 2. The largest absolute Gasteiger partial charge is 0.359 e. The Balaban J connectivity index is 2.26. The summed E-state index contributed by atoms with van der Waals surface area (Å²) in [6.45, 7) is 1.11. The molecule has 0 fully saturated rings. The highest BCUT2D eigenvalue weighted by Crippen LogP contribution is 2.21. The summed E-state index contributed by atoms with van der Waals surface area (Å²) in [7, 11) is 3.87. The lowest BCUT2D eigenvalue weighted by Gasteiger charge is -2.31. The molecule has 3 nitrogen and oxygen atoms in total. The fraction of sp³-hybridized carbons (Fsp3) is 0.462. The van der Waals surface area contributed by atoms with Crippen molar-refractivity contribution in [2.45, 2.75) is 18.9 Å². The van der Waals surface area contributed by atoms with E-state index in [1.807, 2.05) is 0 Å². The Morgan fingerprint density at radius 1 is 1.50 bits per heavy atom. The van der Waals surface area contributed by atoms with Gasteiger partial charge >= 0.3 is 0 Å². The number of rotatable bonds is 2. The van der Waals surface area contributed by atoms with Gasteiger partial charge in [0.2, 0.25) is 5.91 Å². The molecule has 0 bridgehead atoms. The number of amides is 1. The molecule has 0 aromatic heterocycles. The first kappa shape index (κ1) is 11.1. The predicted octanol–water partition coefficient (Wildman–Crippen LogP) is -0.0654. The summed E-state index contributed by atoms with van der Waals surface area (Å²) in [6.07, 6.45) is 1.70. The van der Waals surface area contributed by atoms with Gasteiger partial charge < -0.3 is 10.2 Å². The molecule has 2 rings (SSSR count). The summed E-state index contributed by atoms with van der Waals surface area (Å²) in [6, 6.07) is 8.79. The minimum atomic E-state index is 0.126. The number of carbonyl (C=O) groups excluding carboxylic acids is 1. The summed E-state index contributed by atoms with van der Waals surface area (Å²) < 4.78 is 0. The third kappa shape index (κ3) is 2.09. The Hall–Kier alpha value is -1.35. The SMILES string of the molecule is CNC(=O)C[C@H]1c2ccccc2CC[NH+]1C. The van der Waals surface area contributed by atoms with Crippen molar-refractivity contribution in [3.05, 3.63) is 35.4 Å². The highest BCUT2D eigenvalue weighted by molar-refractivity contribution is 5.76. The third-order valence-corrected chi connectivity index (χ3v) is 3.48. The number of fused-ring (bicyclic) bond motifs is 1. The maximum atomic E-state index is 11.5. The average Bonchev–Trinajstić information content (AvgIpc) is 2.32. The van der Waals surface area contributed by atoms with Crippen molar-refractivity contribution in [1.82, 2.24) is 5.32 Å². The van der Waals surface area contributed by atoms with Gasteiger partial charge in [-0.15, -0.1) is 0 Å². The van der Waals surface area contributed by atoms with Gasteiger partial charge in [-0.05, 0) is 5.56 Å². The summed E-state index contributed by atoms with van der Waals surface area (Å²) in [5.74, 6) is 0.126. The fourth-order valence-electron chi connectivity index (χ4n) is 2.44. The fourth-order valence-corrected chi connectivity index (χ4v) is 2.44. The van der Waals surface area contributed by atoms with Gasteiger partial charge in [0.1, 0.15) is 6.04 Å². The van der Waals surface area contributed by atoms with Crippen molar-refractivity contribution in [2.24, 2.45) is 0 Å². The molecule has 1 aromatic carbocycles. The zero-order valence-corrected chi connectivity index (χ0v) is 9.92. The molecule has 0 saturated heterocycles. The van der Waals surface area contributed by atoms with E-state index in [1.165, 1.54) is 16.0 Å². The third-order valence-electron chi connectivity index (χ3n) is 3.48. The first-order valence-corrected chi connectivity index (χ1v) is 5.83. The molecular formula is C13H19N2O+. The van der Waals surface area contributed by atoms with Gasteiger partial charge in [0.25, 0.3) is 0 Å². The molecule has 2 atom stereocenters. The number of hydrogen-bond acceptors (Lipinski definition) is 1. The average molecular weight is 219 g/mol. The van der Waals surface area contributed by atoms with E-state index < -0.39 is 0 Å². The van der Waals surface area contributed by atoms with E-state index in [0.717, 1.165) is 13.0 Å². The molecule has 0 spiro atoms. The van der Waals surface area contributed by atoms with Crippen LogP contribution in [-0.4, -0.2) is 26.5 Å². The van der Waals surface area contributed by atoms with Crippen molar-refractivity contribution in [1.29, 1.82) is 0 Å². The van der Waals surface area contributed by atoms with Crippen molar-refractivity contribution < 1.29 is 9.69 Å². The van der Waals surface area contributed by atoms with E-state index in [2.05, 4.69) is 36.6 Å². The smallest absolute Gasteiger partial charge is 0.226 e. The first-order valence-electron chi connectivity index (χ1n) is 5.83. The normalized spacial score (nSPS) is 23.6. The molecular weight excluding hydrogens is 200 g/mol. The quantitative estimate of drug-likeness (QED) is 0.717. The van der Waals surface area contributed by atoms with E-state index >= 15 is 0 Å². The lowest BCUT2D eigenvalue weighted by molar-refractivity contribution is -0.914. The van der Waals surface area contributed by atoms with Crippen LogP contribution in [-0.2, 0) is 11.2 Å². The van der Waals surface area contributed by atoms with Gasteiger partial charge in [-0.2, -0.15) is 0 Å². The van der Waals surface area contributed by atoms with Gasteiger partial charge in [-0.25, -0.2) is 0 Å². The summed E-state index contributed by atoms with van der Waals surface area (Å²) >= 11 is 0. The predicted molar refractivity (Wildman–Crippen MR) is 63.3 cm³/mol. The van der Waals surface area contributed by atoms with Gasteiger partial charge in [0, 0.05) is 19.0 Å². The molecule has 1 aliphatic rings. The van der Waals surface area contributed by atoms with Crippen LogP contribution < -0.4 is 10.2 Å². The van der Waals surface area contributed by atoms with E-state index in [0.29, 0.717) is 12.5 Å². The van der Waals surface area contributed by atoms with Crippen LogP contribution in [0.1, 0.15) is 23.6 Å². The highest BCUT2D eigenvalue weighted by atomic mass is 16.1. The number of quaternary nitrogens is 1. The standard InChI is InChI=1S/C13H18N2O/c1-14-13(16)9-12-11-6-4-3-5-10(11)7-8-15(12)2/h3-6,12H,7-9H2,1-2H3,(H,14,16)/p+1/t12-/m0/s1. The number of carbonyl (C=O) groups is 1. The molecule has 0 saturated carbocycles. The Morgan fingerprint density at radius 3 is 3.00 bits per heavy atom. The van der Waals surface area contributed by atoms with E-state index in [4.69, 9.17) is 0 Å². The number of likely N-dealkylation sites (N-methyl/N-ethyl adjacent to an activating group) is 1. The summed E-state index contributed by atoms with van der Waals surface area (Å²) in [5, 5.41) is 2.71. The second kappa shape index (κ2) is 4.66. The maximum Gasteiger partial charge on any atom is 0.226 e. The minimum Gasteiger partial charge on any atom is -0.359 e. The number of hydrogen-bond donors (Lipinski definition) is 2. The second-order valence-corrected chi connectivity index (χ2v) is 4.48. The van der Waals surface area contributed by atoms with Gasteiger partial charge in [0.15, 0.2) is 0 Å². The monoisotopic (exact) mass is 219 g/mol. The van der Waals surface area contributed by atoms with E-state index in [-0.39, 0.29) is 5.91 Å². The van der Waals surface area contributed by atoms with Crippen LogP contribution in [0, 0.1) is 0 Å². The zero-order valence-electron chi connectivity index (χ0n) is 9.92. The molecule has 0 aliphatic carbocycles. The summed E-state index contributed by atoms with van der Waals surface area (Å²) in [4.78, 5) is 12.9. The van der Waals surface area contributed by atoms with Crippen LogP contribution in [0.3, 0.4) is 0 Å². The van der Waals surface area contributed by atoms with Crippen LogP contribution >= 0.6 is 0 Å². The Kier molecular flexibility index (Phi) is 3.25. The molecule has 16 heavy (non-hydrogen) atoms. The lowest BCUT2D eigenvalue weighted by Crippen LogP contribution is -3.10. The van der Waals surface area contributed by atoms with Crippen molar-refractivity contribution in [3.63, 3.8) is 0 Å². The number of benzene rings is 1. The first-order chi connectivity index (χ1) is 7.72. The molecule has 3 heteroatoms. The van der Waals surface area contributed by atoms with Crippen LogP contribution in [0.4, 0.5) is 0 Å². The Morgan fingerprint density at radius 2 is 2.25 bits per heavy atom. The molecule has 1 amide bonds. The molecule has 86 valence electrons. The van der Waals surface area contributed by atoms with E-state index in [1.54, 1.807) is 7.05 Å². The molecule has 1 aliphatic heterocycles. The maximum absolute atomic E-state index is 11.5. The van der Waals surface area contributed by atoms with Gasteiger partial charge in [0.05, 0.1) is 20.0 Å². The minimum absolute atomic E-state index is 0.126. The zero-order chi connectivity index (χ0) is 11.5. The van der Waals surface area contributed by atoms with Gasteiger partial charge in [-0.3, -0.25) is 4.79 Å². The Bertz CT molecular complexity index is 389. The molecule has 1 aromatic rings. The van der Waals surface area contributed by atoms with Crippen LogP contribution in [0.25, 0.3) is 0 Å². The second-order valence-electron chi connectivity index (χ2n) is 4.48. The molecule has 0 radical (unpaired) electrons. The topological polar surface area (TPSA) is 33.5 Å². The van der Waals surface area contributed by atoms with Crippen molar-refractivity contribution in [3.8, 4) is 0 Å². The van der Waals surface area contributed by atoms with Crippen LogP contribution in [0.2, 0.25) is 0 Å². The molecule has 2 N–H and O–H groups in total. The van der Waals surface area contributed by atoms with Crippen molar-refractivity contribution >= 4 is 5.91 Å². The lowest BCUT2D eigenvalue weighted by atomic mass is 9.91. The van der Waals surface area contributed by atoms with Gasteiger partial charge in [-0.1, -0.05) is 24.3 Å². The summed E-state index contributed by atoms with van der Waals surface area (Å²) in [5.41, 5.74) is 2.75. The molecule has 1 unspecified atom stereocenters. The van der Waals surface area contributed by atoms with Crippen LogP contribution in [0.15, 0.2) is 24.3 Å². The molecule has 1 heterocycles.